The summed E-state index contributed by atoms with van der Waals surface area (Å²) >= 11 is 13.0. The average Bonchev–Trinajstić information content (AvgIpc) is 3.31. The lowest BCUT2D eigenvalue weighted by Crippen LogP contribution is -2.29. The molecule has 3 amide bonds. The SMILES string of the molecule is O=C(CCCOc1ccc(Cl)cc1Cl)Nc1nnc(CN2C(=O)c3ccccc3C2=O)s1. The van der Waals surface area contributed by atoms with Gasteiger partial charge in [-0.25, -0.2) is 0 Å². The Kier molecular flexibility index (Phi) is 6.69. The number of nitrogens with zero attached hydrogens (tertiary/aromatic N) is 3. The van der Waals surface area contributed by atoms with Crippen molar-refractivity contribution in [2.24, 2.45) is 0 Å². The van der Waals surface area contributed by atoms with Gasteiger partial charge in [-0.3, -0.25) is 19.3 Å². The molecule has 4 rings (SSSR count). The monoisotopic (exact) mass is 490 g/mol. The van der Waals surface area contributed by atoms with Gasteiger partial charge in [-0.1, -0.05) is 46.7 Å². The molecule has 0 unspecified atom stereocenters. The molecule has 1 aromatic heterocycles. The second-order valence-electron chi connectivity index (χ2n) is 6.82. The van der Waals surface area contributed by atoms with E-state index in [2.05, 4.69) is 15.5 Å². The molecule has 0 saturated carbocycles. The van der Waals surface area contributed by atoms with Gasteiger partial charge in [0.05, 0.1) is 29.3 Å². The summed E-state index contributed by atoms with van der Waals surface area (Å²) in [5.74, 6) is -0.489. The maximum Gasteiger partial charge on any atom is 0.261 e. The van der Waals surface area contributed by atoms with Crippen molar-refractivity contribution in [1.82, 2.24) is 15.1 Å². The van der Waals surface area contributed by atoms with Gasteiger partial charge >= 0.3 is 0 Å². The summed E-state index contributed by atoms with van der Waals surface area (Å²) in [6.07, 6.45) is 0.671. The number of rotatable bonds is 8. The van der Waals surface area contributed by atoms with Crippen molar-refractivity contribution in [3.63, 3.8) is 0 Å². The Hall–Kier alpha value is -3.01. The summed E-state index contributed by atoms with van der Waals surface area (Å²) in [7, 11) is 0. The summed E-state index contributed by atoms with van der Waals surface area (Å²) in [4.78, 5) is 38.2. The molecule has 0 bridgehead atoms. The third-order valence-corrected chi connectivity index (χ3v) is 5.94. The van der Waals surface area contributed by atoms with E-state index in [1.807, 2.05) is 0 Å². The molecule has 164 valence electrons. The second-order valence-corrected chi connectivity index (χ2v) is 8.72. The van der Waals surface area contributed by atoms with Gasteiger partial charge in [0, 0.05) is 11.4 Å². The quantitative estimate of drug-likeness (QED) is 0.369. The van der Waals surface area contributed by atoms with Crippen LogP contribution in [0.4, 0.5) is 5.13 Å². The minimum absolute atomic E-state index is 0.00439. The smallest absolute Gasteiger partial charge is 0.261 e. The first-order valence-corrected chi connectivity index (χ1v) is 11.1. The van der Waals surface area contributed by atoms with Crippen molar-refractivity contribution >= 4 is 57.4 Å². The fourth-order valence-electron chi connectivity index (χ4n) is 3.07. The van der Waals surface area contributed by atoms with Crippen molar-refractivity contribution < 1.29 is 19.1 Å². The topological polar surface area (TPSA) is 101 Å². The van der Waals surface area contributed by atoms with E-state index in [4.69, 9.17) is 27.9 Å². The molecule has 2 aromatic carbocycles. The van der Waals surface area contributed by atoms with Crippen LogP contribution < -0.4 is 10.1 Å². The lowest BCUT2D eigenvalue weighted by atomic mass is 10.1. The normalized spacial score (nSPS) is 12.8. The van der Waals surface area contributed by atoms with Gasteiger partial charge in [-0.15, -0.1) is 10.2 Å². The van der Waals surface area contributed by atoms with Gasteiger partial charge in [0.15, 0.2) is 0 Å². The number of imide groups is 1. The number of anilines is 1. The van der Waals surface area contributed by atoms with E-state index in [0.717, 1.165) is 16.2 Å². The van der Waals surface area contributed by atoms with E-state index >= 15 is 0 Å². The zero-order chi connectivity index (χ0) is 22.7. The summed E-state index contributed by atoms with van der Waals surface area (Å²) in [5.41, 5.74) is 0.746. The molecule has 32 heavy (non-hydrogen) atoms. The lowest BCUT2D eigenvalue weighted by Gasteiger charge is -2.10. The van der Waals surface area contributed by atoms with Crippen LogP contribution >= 0.6 is 34.5 Å². The van der Waals surface area contributed by atoms with Crippen molar-refractivity contribution in [2.75, 3.05) is 11.9 Å². The summed E-state index contributed by atoms with van der Waals surface area (Å²) in [6.45, 7) is 0.297. The number of amides is 3. The Balaban J connectivity index is 1.25. The van der Waals surface area contributed by atoms with E-state index in [0.29, 0.717) is 50.1 Å². The number of nitrogens with one attached hydrogen (secondary N) is 1. The van der Waals surface area contributed by atoms with E-state index in [1.54, 1.807) is 42.5 Å². The predicted molar refractivity (Wildman–Crippen MR) is 120 cm³/mol. The molecule has 1 aliphatic heterocycles. The number of aromatic nitrogens is 2. The summed E-state index contributed by atoms with van der Waals surface area (Å²) < 4.78 is 5.55. The number of carbonyl (C=O) groups excluding carboxylic acids is 3. The van der Waals surface area contributed by atoms with Crippen LogP contribution in [0.25, 0.3) is 0 Å². The summed E-state index contributed by atoms with van der Waals surface area (Å²) in [5, 5.41) is 12.2. The van der Waals surface area contributed by atoms with Crippen LogP contribution in [0.2, 0.25) is 10.0 Å². The van der Waals surface area contributed by atoms with Gasteiger partial charge in [-0.05, 0) is 36.8 Å². The van der Waals surface area contributed by atoms with Crippen LogP contribution in [0.1, 0.15) is 38.6 Å². The minimum atomic E-state index is -0.368. The number of halogens is 2. The maximum atomic E-state index is 12.4. The Morgan fingerprint density at radius 1 is 1.06 bits per heavy atom. The highest BCUT2D eigenvalue weighted by Gasteiger charge is 2.35. The minimum Gasteiger partial charge on any atom is -0.492 e. The first-order chi connectivity index (χ1) is 15.4. The van der Waals surface area contributed by atoms with Crippen LogP contribution in [-0.2, 0) is 11.3 Å². The fraction of sp³-hybridized carbons (Fsp3) is 0.190. The van der Waals surface area contributed by atoms with Crippen molar-refractivity contribution in [2.45, 2.75) is 19.4 Å². The molecule has 0 saturated heterocycles. The molecular formula is C21H16Cl2N4O4S. The molecule has 0 atom stereocenters. The van der Waals surface area contributed by atoms with Crippen LogP contribution in [0.3, 0.4) is 0 Å². The molecule has 3 aromatic rings. The highest BCUT2D eigenvalue weighted by atomic mass is 35.5. The number of benzene rings is 2. The lowest BCUT2D eigenvalue weighted by molar-refractivity contribution is -0.116. The molecular weight excluding hydrogens is 475 g/mol. The van der Waals surface area contributed by atoms with Crippen molar-refractivity contribution in [3.8, 4) is 5.75 Å². The molecule has 0 fully saturated rings. The van der Waals surface area contributed by atoms with Crippen LogP contribution in [-0.4, -0.2) is 39.4 Å². The van der Waals surface area contributed by atoms with Crippen LogP contribution in [0.15, 0.2) is 42.5 Å². The van der Waals surface area contributed by atoms with Crippen molar-refractivity contribution in [3.05, 3.63) is 68.6 Å². The van der Waals surface area contributed by atoms with Gasteiger partial charge in [0.25, 0.3) is 11.8 Å². The van der Waals surface area contributed by atoms with E-state index in [9.17, 15) is 14.4 Å². The predicted octanol–water partition coefficient (Wildman–Crippen LogP) is 4.44. The number of fused-ring (bicyclic) bond motifs is 1. The highest BCUT2D eigenvalue weighted by molar-refractivity contribution is 7.15. The first kappa shape index (κ1) is 22.2. The van der Waals surface area contributed by atoms with E-state index in [-0.39, 0.29) is 30.7 Å². The van der Waals surface area contributed by atoms with Gasteiger partial charge in [0.2, 0.25) is 11.0 Å². The molecule has 11 heteroatoms. The third kappa shape index (κ3) is 4.90. The third-order valence-electron chi connectivity index (χ3n) is 4.58. The molecule has 8 nitrogen and oxygen atoms in total. The maximum absolute atomic E-state index is 12.4. The standard InChI is InChI=1S/C21H16Cl2N4O4S/c22-12-7-8-16(15(23)10-12)31-9-3-6-17(28)24-21-26-25-18(32-21)11-27-19(29)13-4-1-2-5-14(13)20(27)30/h1-2,4-5,7-8,10H,3,6,9,11H2,(H,24,26,28). The van der Waals surface area contributed by atoms with Gasteiger partial charge in [-0.2, -0.15) is 0 Å². The Morgan fingerprint density at radius 3 is 2.47 bits per heavy atom. The number of carbonyl (C=O) groups is 3. The second kappa shape index (κ2) is 9.64. The Bertz CT molecular complexity index is 1170. The van der Waals surface area contributed by atoms with Crippen molar-refractivity contribution in [1.29, 1.82) is 0 Å². The Labute approximate surface area is 197 Å². The van der Waals surface area contributed by atoms with Gasteiger partial charge < -0.3 is 10.1 Å². The number of ether oxygens (including phenoxy) is 1. The number of hydrogen-bond donors (Lipinski definition) is 1. The van der Waals surface area contributed by atoms with E-state index in [1.165, 1.54) is 0 Å². The van der Waals surface area contributed by atoms with Crippen LogP contribution in [0, 0.1) is 0 Å². The molecule has 1 N–H and O–H groups in total. The largest absolute Gasteiger partial charge is 0.492 e. The van der Waals surface area contributed by atoms with Crippen LogP contribution in [0.5, 0.6) is 5.75 Å². The zero-order valence-corrected chi connectivity index (χ0v) is 18.8. The number of hydrogen-bond acceptors (Lipinski definition) is 7. The molecule has 1 aliphatic rings. The molecule has 0 radical (unpaired) electrons. The molecule has 2 heterocycles. The molecule has 0 aliphatic carbocycles. The van der Waals surface area contributed by atoms with E-state index < -0.39 is 0 Å². The average molecular weight is 491 g/mol. The fourth-order valence-corrected chi connectivity index (χ4v) is 4.28. The van der Waals surface area contributed by atoms with Gasteiger partial charge in [0.1, 0.15) is 10.8 Å². The summed E-state index contributed by atoms with van der Waals surface area (Å²) in [6, 6.07) is 11.6. The molecule has 0 spiro atoms. The zero-order valence-electron chi connectivity index (χ0n) is 16.5. The highest BCUT2D eigenvalue weighted by Crippen LogP contribution is 2.28. The first-order valence-electron chi connectivity index (χ1n) is 9.57. The Morgan fingerprint density at radius 2 is 1.78 bits per heavy atom.